The molecule has 2 N–H and O–H groups in total. The molecule has 2 aromatic carbocycles. The van der Waals surface area contributed by atoms with E-state index in [0.29, 0.717) is 31.7 Å². The summed E-state index contributed by atoms with van der Waals surface area (Å²) in [6.07, 6.45) is 4.82. The molecule has 2 aliphatic rings. The first-order valence-corrected chi connectivity index (χ1v) is 13.5. The zero-order valence-corrected chi connectivity index (χ0v) is 20.2. The molecule has 0 radical (unpaired) electrons. The highest BCUT2D eigenvalue weighted by atomic mass is 32.2. The number of hydrogen-bond acceptors (Lipinski definition) is 4. The molecule has 2 aromatic rings. The first-order chi connectivity index (χ1) is 15.9. The van der Waals surface area contributed by atoms with Crippen molar-refractivity contribution in [2.75, 3.05) is 19.8 Å². The third-order valence-electron chi connectivity index (χ3n) is 7.50. The Balaban J connectivity index is 1.59. The summed E-state index contributed by atoms with van der Waals surface area (Å²) in [6.45, 7) is 3.90. The highest BCUT2D eigenvalue weighted by Gasteiger charge is 2.41. The molecule has 0 spiro atoms. The van der Waals surface area contributed by atoms with Gasteiger partial charge in [-0.3, -0.25) is 0 Å². The van der Waals surface area contributed by atoms with Crippen molar-refractivity contribution in [2.45, 2.75) is 68.7 Å². The second-order valence-electron chi connectivity index (χ2n) is 9.51. The highest BCUT2D eigenvalue weighted by Crippen LogP contribution is 2.41. The number of hydrogen-bond donors (Lipinski definition) is 1. The van der Waals surface area contributed by atoms with Crippen LogP contribution in [0.1, 0.15) is 67.4 Å². The van der Waals surface area contributed by atoms with E-state index in [2.05, 4.69) is 0 Å². The fourth-order valence-corrected chi connectivity index (χ4v) is 7.60. The molecule has 0 bridgehead atoms. The van der Waals surface area contributed by atoms with E-state index in [4.69, 9.17) is 10.5 Å². The molecule has 4 rings (SSSR count). The van der Waals surface area contributed by atoms with Crippen LogP contribution in [0.2, 0.25) is 0 Å². The maximum Gasteiger partial charge on any atom is 0.221 e. The molecular formula is C26H35FN2O3S. The van der Waals surface area contributed by atoms with Crippen LogP contribution < -0.4 is 5.73 Å². The summed E-state index contributed by atoms with van der Waals surface area (Å²) in [5.74, 6) is -0.338. The molecule has 0 saturated carbocycles. The normalized spacial score (nSPS) is 25.1. The van der Waals surface area contributed by atoms with E-state index in [9.17, 15) is 8.42 Å². The average molecular weight is 475 g/mol. The molecule has 2 saturated heterocycles. The lowest BCUT2D eigenvalue weighted by Crippen LogP contribution is -2.44. The lowest BCUT2D eigenvalue weighted by atomic mass is 9.71. The van der Waals surface area contributed by atoms with E-state index in [0.717, 1.165) is 43.2 Å². The summed E-state index contributed by atoms with van der Waals surface area (Å²) in [4.78, 5) is 0. The minimum Gasteiger partial charge on any atom is -0.381 e. The number of ether oxygens (including phenoxy) is 1. The molecule has 5 nitrogen and oxygen atoms in total. The monoisotopic (exact) mass is 474 g/mol. The van der Waals surface area contributed by atoms with Gasteiger partial charge in [0.1, 0.15) is 11.1 Å². The van der Waals surface area contributed by atoms with Gasteiger partial charge in [0, 0.05) is 31.4 Å². The van der Waals surface area contributed by atoms with Gasteiger partial charge < -0.3 is 10.5 Å². The van der Waals surface area contributed by atoms with Crippen LogP contribution in [0.15, 0.2) is 48.5 Å². The van der Waals surface area contributed by atoms with Gasteiger partial charge >= 0.3 is 0 Å². The minimum absolute atomic E-state index is 0.0534. The molecule has 0 amide bonds. The number of halogens is 1. The Morgan fingerprint density at radius 3 is 2.52 bits per heavy atom. The maximum atomic E-state index is 15.4. The number of nitrogens with two attached hydrogens (primary N) is 1. The van der Waals surface area contributed by atoms with Gasteiger partial charge in [-0.15, -0.1) is 0 Å². The number of sulfonamides is 1. The van der Waals surface area contributed by atoms with Gasteiger partial charge in [-0.2, -0.15) is 4.31 Å². The Bertz CT molecular complexity index is 1040. The maximum absolute atomic E-state index is 15.4. The first kappa shape index (κ1) is 24.3. The fraction of sp³-hybridized carbons (Fsp3) is 0.538. The van der Waals surface area contributed by atoms with Gasteiger partial charge in [0.2, 0.25) is 10.0 Å². The minimum atomic E-state index is -3.60. The van der Waals surface area contributed by atoms with Gasteiger partial charge in [-0.1, -0.05) is 42.5 Å². The Hall–Kier alpha value is -1.80. The van der Waals surface area contributed by atoms with Crippen LogP contribution >= 0.6 is 0 Å². The quantitative estimate of drug-likeness (QED) is 0.633. The molecule has 2 atom stereocenters. The van der Waals surface area contributed by atoms with E-state index >= 15 is 4.39 Å². The number of rotatable bonds is 7. The lowest BCUT2D eigenvalue weighted by Gasteiger charge is -2.39. The van der Waals surface area contributed by atoms with Crippen LogP contribution in [0.3, 0.4) is 0 Å². The molecule has 33 heavy (non-hydrogen) atoms. The largest absolute Gasteiger partial charge is 0.381 e. The van der Waals surface area contributed by atoms with Crippen LogP contribution in [-0.2, 0) is 26.7 Å². The second kappa shape index (κ2) is 10.2. The molecule has 0 aromatic heterocycles. The predicted molar refractivity (Wildman–Crippen MR) is 129 cm³/mol. The Labute approximate surface area is 197 Å². The SMILES string of the molecule is C[C@H]1CC[C@H](c2ccccc2)S(=O)(=O)N1Cc1ccc(C2(CCCN)CCOCC2)cc1F. The van der Waals surface area contributed by atoms with E-state index in [-0.39, 0.29) is 23.8 Å². The van der Waals surface area contributed by atoms with Crippen LogP contribution in [0.5, 0.6) is 0 Å². The number of benzene rings is 2. The van der Waals surface area contributed by atoms with E-state index in [1.54, 1.807) is 12.1 Å². The first-order valence-electron chi connectivity index (χ1n) is 12.0. The third kappa shape index (κ3) is 5.02. The summed E-state index contributed by atoms with van der Waals surface area (Å²) in [5, 5.41) is -0.584. The molecule has 0 unspecified atom stereocenters. The van der Waals surface area contributed by atoms with Gasteiger partial charge in [-0.05, 0) is 74.6 Å². The number of nitrogens with zero attached hydrogens (tertiary/aromatic N) is 1. The third-order valence-corrected chi connectivity index (χ3v) is 9.87. The van der Waals surface area contributed by atoms with E-state index in [1.807, 2.05) is 43.3 Å². The Kier molecular flexibility index (Phi) is 7.53. The zero-order chi connectivity index (χ0) is 23.5. The van der Waals surface area contributed by atoms with Crippen molar-refractivity contribution in [2.24, 2.45) is 5.73 Å². The molecule has 7 heteroatoms. The van der Waals surface area contributed by atoms with Gasteiger partial charge in [0.05, 0.1) is 0 Å². The van der Waals surface area contributed by atoms with Crippen molar-refractivity contribution in [1.82, 2.24) is 4.31 Å². The summed E-state index contributed by atoms with van der Waals surface area (Å²) in [6, 6.07) is 14.5. The Morgan fingerprint density at radius 2 is 1.85 bits per heavy atom. The predicted octanol–water partition coefficient (Wildman–Crippen LogP) is 4.67. The smallest absolute Gasteiger partial charge is 0.221 e. The second-order valence-corrected chi connectivity index (χ2v) is 11.6. The van der Waals surface area contributed by atoms with Gasteiger partial charge in [0.15, 0.2) is 0 Å². The molecule has 2 aliphatic heterocycles. The van der Waals surface area contributed by atoms with Crippen LogP contribution in [0, 0.1) is 5.82 Å². The van der Waals surface area contributed by atoms with E-state index < -0.39 is 15.3 Å². The molecular weight excluding hydrogens is 439 g/mol. The zero-order valence-electron chi connectivity index (χ0n) is 19.4. The highest BCUT2D eigenvalue weighted by molar-refractivity contribution is 7.89. The van der Waals surface area contributed by atoms with Gasteiger partial charge in [0.25, 0.3) is 0 Å². The molecule has 180 valence electrons. The van der Waals surface area contributed by atoms with E-state index in [1.165, 1.54) is 4.31 Å². The molecule has 0 aliphatic carbocycles. The van der Waals surface area contributed by atoms with Crippen LogP contribution in [0.4, 0.5) is 4.39 Å². The van der Waals surface area contributed by atoms with Crippen LogP contribution in [-0.4, -0.2) is 38.5 Å². The standard InChI is InChI=1S/C26H35FN2O3S/c1-20-8-11-25(21-6-3-2-4-7-21)33(30,31)29(20)19-22-9-10-23(18-24(22)27)26(12-5-15-28)13-16-32-17-14-26/h2-4,6-7,9-10,18,20,25H,5,8,11-17,19,28H2,1H3/t20-,25+/m0/s1. The van der Waals surface area contributed by atoms with Crippen LogP contribution in [0.25, 0.3) is 0 Å². The topological polar surface area (TPSA) is 72.6 Å². The van der Waals surface area contributed by atoms with Crippen molar-refractivity contribution < 1.29 is 17.5 Å². The molecule has 2 heterocycles. The van der Waals surface area contributed by atoms with Crippen molar-refractivity contribution >= 4 is 10.0 Å². The van der Waals surface area contributed by atoms with Crippen molar-refractivity contribution in [3.63, 3.8) is 0 Å². The van der Waals surface area contributed by atoms with Gasteiger partial charge in [-0.25, -0.2) is 12.8 Å². The Morgan fingerprint density at radius 1 is 1.12 bits per heavy atom. The summed E-state index contributed by atoms with van der Waals surface area (Å²) < 4.78 is 49.4. The lowest BCUT2D eigenvalue weighted by molar-refractivity contribution is 0.0461. The summed E-state index contributed by atoms with van der Waals surface area (Å²) >= 11 is 0. The van der Waals surface area contributed by atoms with Crippen molar-refractivity contribution in [1.29, 1.82) is 0 Å². The fourth-order valence-electron chi connectivity index (χ4n) is 5.41. The van der Waals surface area contributed by atoms with Crippen molar-refractivity contribution in [3.05, 3.63) is 71.0 Å². The van der Waals surface area contributed by atoms with Crippen molar-refractivity contribution in [3.8, 4) is 0 Å². The molecule has 2 fully saturated rings. The summed E-state index contributed by atoms with van der Waals surface area (Å²) in [7, 11) is -3.60. The average Bonchev–Trinajstić information content (AvgIpc) is 2.82. The summed E-state index contributed by atoms with van der Waals surface area (Å²) in [5.41, 5.74) is 7.83.